The second-order valence-corrected chi connectivity index (χ2v) is 6.64. The predicted molar refractivity (Wildman–Crippen MR) is 99.2 cm³/mol. The summed E-state index contributed by atoms with van der Waals surface area (Å²) < 4.78 is 18.6. The van der Waals surface area contributed by atoms with Crippen molar-refractivity contribution in [2.45, 2.75) is 32.9 Å². The molecule has 0 aliphatic heterocycles. The zero-order chi connectivity index (χ0) is 18.5. The molecule has 0 fully saturated rings. The van der Waals surface area contributed by atoms with E-state index in [-0.39, 0.29) is 11.7 Å². The van der Waals surface area contributed by atoms with Crippen LogP contribution in [0.25, 0.3) is 0 Å². The van der Waals surface area contributed by atoms with Gasteiger partial charge in [0.2, 0.25) is 0 Å². The van der Waals surface area contributed by atoms with Crippen molar-refractivity contribution in [2.24, 2.45) is 0 Å². The van der Waals surface area contributed by atoms with Crippen LogP contribution < -0.4 is 0 Å². The van der Waals surface area contributed by atoms with E-state index in [9.17, 15) is 9.18 Å². The van der Waals surface area contributed by atoms with Crippen LogP contribution >= 0.6 is 0 Å². The highest BCUT2D eigenvalue weighted by atomic mass is 19.1. The van der Waals surface area contributed by atoms with E-state index in [1.165, 1.54) is 29.8 Å². The van der Waals surface area contributed by atoms with E-state index in [1.807, 2.05) is 18.2 Å². The first-order valence-corrected chi connectivity index (χ1v) is 8.69. The summed E-state index contributed by atoms with van der Waals surface area (Å²) >= 11 is 0. The van der Waals surface area contributed by atoms with Crippen molar-refractivity contribution in [2.75, 3.05) is 0 Å². The van der Waals surface area contributed by atoms with Gasteiger partial charge in [0.1, 0.15) is 11.6 Å². The molecule has 1 aromatic heterocycles. The maximum absolute atomic E-state index is 13.2. The first-order chi connectivity index (χ1) is 12.5. The lowest BCUT2D eigenvalue weighted by Gasteiger charge is -2.22. The molecule has 0 atom stereocenters. The third-order valence-corrected chi connectivity index (χ3v) is 4.33. The lowest BCUT2D eigenvalue weighted by Crippen LogP contribution is -2.30. The number of hydrogen-bond donors (Lipinski definition) is 0. The Morgan fingerprint density at radius 3 is 2.27 bits per heavy atom. The molecule has 0 radical (unpaired) electrons. The molecule has 0 bridgehead atoms. The number of rotatable bonds is 6. The van der Waals surface area contributed by atoms with E-state index in [4.69, 9.17) is 4.42 Å². The molecular weight excluding hydrogens is 329 g/mol. The van der Waals surface area contributed by atoms with Gasteiger partial charge in [-0.05, 0) is 53.4 Å². The second-order valence-electron chi connectivity index (χ2n) is 6.64. The Morgan fingerprint density at radius 1 is 1.00 bits per heavy atom. The first kappa shape index (κ1) is 17.9. The van der Waals surface area contributed by atoms with E-state index in [2.05, 4.69) is 26.0 Å². The van der Waals surface area contributed by atoms with Crippen LogP contribution in [0.5, 0.6) is 0 Å². The average molecular weight is 351 g/mol. The Morgan fingerprint density at radius 2 is 1.69 bits per heavy atom. The van der Waals surface area contributed by atoms with Crippen molar-refractivity contribution >= 4 is 5.91 Å². The summed E-state index contributed by atoms with van der Waals surface area (Å²) in [6.07, 6.45) is 1.59. The Balaban J connectivity index is 1.82. The lowest BCUT2D eigenvalue weighted by atomic mass is 10.0. The van der Waals surface area contributed by atoms with Crippen molar-refractivity contribution < 1.29 is 13.6 Å². The number of furan rings is 1. The topological polar surface area (TPSA) is 33.5 Å². The normalized spacial score (nSPS) is 10.9. The van der Waals surface area contributed by atoms with Crippen LogP contribution in [0.2, 0.25) is 0 Å². The Bertz CT molecular complexity index is 837. The minimum atomic E-state index is -0.358. The molecule has 134 valence electrons. The molecule has 0 spiro atoms. The van der Waals surface area contributed by atoms with Gasteiger partial charge in [0.05, 0.1) is 12.8 Å². The highest BCUT2D eigenvalue weighted by molar-refractivity contribution is 5.94. The minimum Gasteiger partial charge on any atom is -0.467 e. The van der Waals surface area contributed by atoms with Gasteiger partial charge in [-0.3, -0.25) is 4.79 Å². The van der Waals surface area contributed by atoms with Gasteiger partial charge in [-0.2, -0.15) is 0 Å². The number of nitrogens with zero attached hydrogens (tertiary/aromatic N) is 1. The summed E-state index contributed by atoms with van der Waals surface area (Å²) in [7, 11) is 0. The van der Waals surface area contributed by atoms with E-state index in [0.29, 0.717) is 30.3 Å². The highest BCUT2D eigenvalue weighted by Crippen LogP contribution is 2.18. The molecular formula is C22H22FNO2. The van der Waals surface area contributed by atoms with Crippen LogP contribution in [0.1, 0.15) is 47.0 Å². The molecule has 0 saturated heterocycles. The number of benzene rings is 2. The van der Waals surface area contributed by atoms with E-state index < -0.39 is 0 Å². The molecule has 3 nitrogen and oxygen atoms in total. The number of carbonyl (C=O) groups is 1. The molecule has 2 aromatic carbocycles. The van der Waals surface area contributed by atoms with Gasteiger partial charge in [-0.15, -0.1) is 0 Å². The van der Waals surface area contributed by atoms with Crippen molar-refractivity contribution in [3.05, 3.63) is 95.2 Å². The molecule has 1 heterocycles. The lowest BCUT2D eigenvalue weighted by molar-refractivity contribution is 0.0717. The monoisotopic (exact) mass is 351 g/mol. The number of amides is 1. The van der Waals surface area contributed by atoms with Crippen molar-refractivity contribution in [1.82, 2.24) is 4.90 Å². The zero-order valence-electron chi connectivity index (χ0n) is 15.0. The van der Waals surface area contributed by atoms with Crippen LogP contribution in [-0.2, 0) is 13.1 Å². The largest absolute Gasteiger partial charge is 0.467 e. The van der Waals surface area contributed by atoms with Gasteiger partial charge in [0.25, 0.3) is 5.91 Å². The summed E-state index contributed by atoms with van der Waals surface area (Å²) in [4.78, 5) is 14.6. The molecule has 0 saturated carbocycles. The van der Waals surface area contributed by atoms with Crippen LogP contribution in [0.15, 0.2) is 71.3 Å². The molecule has 26 heavy (non-hydrogen) atoms. The standard InChI is InChI=1S/C22H22FNO2/c1-16(2)18-7-5-17(6-8-18)14-24(15-21-4-3-13-26-21)22(25)19-9-11-20(23)12-10-19/h3-13,16H,14-15H2,1-2H3. The summed E-state index contributed by atoms with van der Waals surface area (Å²) in [5, 5.41) is 0. The Labute approximate surface area is 153 Å². The number of hydrogen-bond acceptors (Lipinski definition) is 2. The van der Waals surface area contributed by atoms with Crippen molar-refractivity contribution in [3.63, 3.8) is 0 Å². The number of halogens is 1. The molecule has 0 aliphatic rings. The van der Waals surface area contributed by atoms with Gasteiger partial charge < -0.3 is 9.32 Å². The zero-order valence-corrected chi connectivity index (χ0v) is 15.0. The summed E-state index contributed by atoms with van der Waals surface area (Å²) in [6.45, 7) is 5.11. The quantitative estimate of drug-likeness (QED) is 0.597. The fourth-order valence-corrected chi connectivity index (χ4v) is 2.79. The van der Waals surface area contributed by atoms with Crippen LogP contribution in [0.3, 0.4) is 0 Å². The van der Waals surface area contributed by atoms with Crippen LogP contribution in [-0.4, -0.2) is 10.8 Å². The maximum atomic E-state index is 13.2. The SMILES string of the molecule is CC(C)c1ccc(CN(Cc2ccco2)C(=O)c2ccc(F)cc2)cc1. The maximum Gasteiger partial charge on any atom is 0.254 e. The number of carbonyl (C=O) groups excluding carboxylic acids is 1. The molecule has 0 aliphatic carbocycles. The Hall–Kier alpha value is -2.88. The molecule has 3 rings (SSSR count). The average Bonchev–Trinajstić information content (AvgIpc) is 3.15. The summed E-state index contributed by atoms with van der Waals surface area (Å²) in [6, 6.07) is 17.5. The molecule has 4 heteroatoms. The van der Waals surface area contributed by atoms with Crippen molar-refractivity contribution in [1.29, 1.82) is 0 Å². The van der Waals surface area contributed by atoms with Crippen LogP contribution in [0.4, 0.5) is 4.39 Å². The third-order valence-electron chi connectivity index (χ3n) is 4.33. The van der Waals surface area contributed by atoms with Gasteiger partial charge in [-0.1, -0.05) is 38.1 Å². The predicted octanol–water partition coefficient (Wildman–Crippen LogP) is 5.38. The van der Waals surface area contributed by atoms with Crippen LogP contribution in [0, 0.1) is 5.82 Å². The van der Waals surface area contributed by atoms with E-state index in [0.717, 1.165) is 5.56 Å². The molecule has 1 amide bonds. The van der Waals surface area contributed by atoms with Gasteiger partial charge in [-0.25, -0.2) is 4.39 Å². The van der Waals surface area contributed by atoms with E-state index >= 15 is 0 Å². The highest BCUT2D eigenvalue weighted by Gasteiger charge is 2.18. The summed E-state index contributed by atoms with van der Waals surface area (Å²) in [5.74, 6) is 0.654. The fraction of sp³-hybridized carbons (Fsp3) is 0.227. The van der Waals surface area contributed by atoms with Crippen molar-refractivity contribution in [3.8, 4) is 0 Å². The molecule has 0 unspecified atom stereocenters. The minimum absolute atomic E-state index is 0.158. The fourth-order valence-electron chi connectivity index (χ4n) is 2.79. The second kappa shape index (κ2) is 8.00. The molecule has 0 N–H and O–H groups in total. The third kappa shape index (κ3) is 4.39. The van der Waals surface area contributed by atoms with E-state index in [1.54, 1.807) is 17.2 Å². The molecule has 3 aromatic rings. The smallest absolute Gasteiger partial charge is 0.254 e. The van der Waals surface area contributed by atoms with Gasteiger partial charge in [0.15, 0.2) is 0 Å². The van der Waals surface area contributed by atoms with Gasteiger partial charge in [0, 0.05) is 12.1 Å². The van der Waals surface area contributed by atoms with Gasteiger partial charge >= 0.3 is 0 Å². The summed E-state index contributed by atoms with van der Waals surface area (Å²) in [5.41, 5.74) is 2.75. The first-order valence-electron chi connectivity index (χ1n) is 8.69. The Kier molecular flexibility index (Phi) is 5.52.